The van der Waals surface area contributed by atoms with Gasteiger partial charge in [-0.05, 0) is 87.4 Å². The molecule has 0 amide bonds. The molecule has 0 saturated carbocycles. The van der Waals surface area contributed by atoms with Crippen molar-refractivity contribution in [1.82, 2.24) is 0 Å². The first kappa shape index (κ1) is 17.7. The van der Waals surface area contributed by atoms with Gasteiger partial charge in [0.2, 0.25) is 0 Å². The minimum Gasteiger partial charge on any atom is -0.369 e. The molecule has 0 bridgehead atoms. The van der Waals surface area contributed by atoms with Gasteiger partial charge in [0.25, 0.3) is 0 Å². The molecule has 1 unspecified atom stereocenters. The molecule has 1 aliphatic heterocycles. The normalized spacial score (nSPS) is 19.3. The van der Waals surface area contributed by atoms with Crippen LogP contribution in [-0.2, 0) is 0 Å². The first-order chi connectivity index (χ1) is 11.7. The average Bonchev–Trinajstić information content (AvgIpc) is 2.52. The number of aliphatic imine (C=N–C) groups is 1. The third-order valence-corrected chi connectivity index (χ3v) is 5.72. The Balaban J connectivity index is 1.99. The summed E-state index contributed by atoms with van der Waals surface area (Å²) in [4.78, 5) is 7.19. The van der Waals surface area contributed by atoms with Crippen LogP contribution in [0.25, 0.3) is 0 Å². The highest BCUT2D eigenvalue weighted by Crippen LogP contribution is 2.43. The molecule has 0 fully saturated rings. The molecule has 1 aliphatic rings. The molecule has 0 N–H and O–H groups in total. The molecule has 1 heterocycles. The molecule has 3 rings (SSSR count). The fourth-order valence-corrected chi connectivity index (χ4v) is 3.96. The quantitative estimate of drug-likeness (QED) is 0.607. The van der Waals surface area contributed by atoms with Crippen molar-refractivity contribution >= 4 is 17.6 Å². The third-order valence-electron chi connectivity index (χ3n) is 5.72. The number of anilines is 1. The lowest BCUT2D eigenvalue weighted by Crippen LogP contribution is -2.45. The fourth-order valence-electron chi connectivity index (χ4n) is 3.96. The Morgan fingerprint density at radius 2 is 1.80 bits per heavy atom. The molecule has 1 atom stereocenters. The summed E-state index contributed by atoms with van der Waals surface area (Å²) in [5.74, 6) is 0.565. The van der Waals surface area contributed by atoms with Gasteiger partial charge in [-0.2, -0.15) is 0 Å². The van der Waals surface area contributed by atoms with Crippen LogP contribution in [-0.4, -0.2) is 18.8 Å². The van der Waals surface area contributed by atoms with Crippen molar-refractivity contribution in [1.29, 1.82) is 0 Å². The maximum Gasteiger partial charge on any atom is 0.0659 e. The molecule has 0 spiro atoms. The molecule has 2 aromatic carbocycles. The zero-order chi connectivity index (χ0) is 18.4. The third kappa shape index (κ3) is 3.35. The zero-order valence-corrected chi connectivity index (χ0v) is 16.6. The monoisotopic (exact) mass is 334 g/mol. The van der Waals surface area contributed by atoms with Gasteiger partial charge >= 0.3 is 0 Å². The Kier molecular flexibility index (Phi) is 4.49. The Morgan fingerprint density at radius 1 is 1.08 bits per heavy atom. The van der Waals surface area contributed by atoms with E-state index in [0.717, 1.165) is 5.69 Å². The Labute approximate surface area is 152 Å². The maximum atomic E-state index is 4.76. The second-order valence-corrected chi connectivity index (χ2v) is 8.29. The van der Waals surface area contributed by atoms with Crippen molar-refractivity contribution in [2.45, 2.75) is 59.4 Å². The predicted octanol–water partition coefficient (Wildman–Crippen LogP) is 6.08. The number of benzene rings is 2. The number of hydrogen-bond donors (Lipinski definition) is 0. The van der Waals surface area contributed by atoms with Gasteiger partial charge in [0.1, 0.15) is 0 Å². The summed E-state index contributed by atoms with van der Waals surface area (Å²) in [7, 11) is 2.22. The summed E-state index contributed by atoms with van der Waals surface area (Å²) >= 11 is 0. The van der Waals surface area contributed by atoms with E-state index in [9.17, 15) is 0 Å². The molecule has 0 radical (unpaired) electrons. The Hall–Kier alpha value is -2.09. The van der Waals surface area contributed by atoms with Crippen LogP contribution in [0.1, 0.15) is 60.9 Å². The lowest BCUT2D eigenvalue weighted by Gasteiger charge is -2.45. The molecule has 2 nitrogen and oxygen atoms in total. The summed E-state index contributed by atoms with van der Waals surface area (Å²) in [6.07, 6.45) is 3.20. The van der Waals surface area contributed by atoms with Crippen LogP contribution in [0, 0.1) is 20.8 Å². The minimum atomic E-state index is 0.202. The van der Waals surface area contributed by atoms with Gasteiger partial charge in [0.05, 0.1) is 5.69 Å². The Bertz CT molecular complexity index is 830. The van der Waals surface area contributed by atoms with Crippen LogP contribution in [0.4, 0.5) is 11.4 Å². The standard InChI is InChI=1S/C23H30N2/c1-15-8-9-21(17(3)10-15)24-14-19-12-20-18(4)13-23(5,6)25(7)22(20)11-16(19)2/h8-12,14,18H,13H2,1-7H3. The van der Waals surface area contributed by atoms with Gasteiger partial charge in [-0.25, -0.2) is 0 Å². The van der Waals surface area contributed by atoms with Crippen LogP contribution in [0.2, 0.25) is 0 Å². The van der Waals surface area contributed by atoms with E-state index in [2.05, 4.69) is 83.8 Å². The summed E-state index contributed by atoms with van der Waals surface area (Å²) in [6, 6.07) is 11.1. The number of aryl methyl sites for hydroxylation is 3. The van der Waals surface area contributed by atoms with Crippen LogP contribution in [0.15, 0.2) is 35.3 Å². The predicted molar refractivity (Wildman–Crippen MR) is 110 cm³/mol. The van der Waals surface area contributed by atoms with Crippen molar-refractivity contribution in [2.24, 2.45) is 4.99 Å². The van der Waals surface area contributed by atoms with E-state index < -0.39 is 0 Å². The Morgan fingerprint density at radius 3 is 2.48 bits per heavy atom. The van der Waals surface area contributed by atoms with Gasteiger partial charge < -0.3 is 4.90 Å². The lowest BCUT2D eigenvalue weighted by atomic mass is 9.79. The summed E-state index contributed by atoms with van der Waals surface area (Å²) in [5.41, 5.74) is 9.06. The van der Waals surface area contributed by atoms with Crippen LogP contribution in [0.3, 0.4) is 0 Å². The minimum absolute atomic E-state index is 0.202. The van der Waals surface area contributed by atoms with Crippen LogP contribution < -0.4 is 4.90 Å². The summed E-state index contributed by atoms with van der Waals surface area (Å²) < 4.78 is 0. The van der Waals surface area contributed by atoms with Crippen molar-refractivity contribution < 1.29 is 0 Å². The number of rotatable bonds is 2. The van der Waals surface area contributed by atoms with E-state index >= 15 is 0 Å². The topological polar surface area (TPSA) is 15.6 Å². The van der Waals surface area contributed by atoms with E-state index in [1.807, 2.05) is 6.21 Å². The van der Waals surface area contributed by atoms with Gasteiger partial charge in [-0.15, -0.1) is 0 Å². The first-order valence-electron chi connectivity index (χ1n) is 9.19. The highest BCUT2D eigenvalue weighted by Gasteiger charge is 2.34. The van der Waals surface area contributed by atoms with Gasteiger partial charge in [0.15, 0.2) is 0 Å². The largest absolute Gasteiger partial charge is 0.369 e. The van der Waals surface area contributed by atoms with E-state index in [1.54, 1.807) is 0 Å². The smallest absolute Gasteiger partial charge is 0.0659 e. The second kappa shape index (κ2) is 6.33. The molecule has 0 aromatic heterocycles. The first-order valence-corrected chi connectivity index (χ1v) is 9.19. The van der Waals surface area contributed by atoms with Crippen LogP contribution in [0.5, 0.6) is 0 Å². The van der Waals surface area contributed by atoms with E-state index in [4.69, 9.17) is 4.99 Å². The number of fused-ring (bicyclic) bond motifs is 1. The van der Waals surface area contributed by atoms with Crippen molar-refractivity contribution in [3.63, 3.8) is 0 Å². The molecule has 0 saturated heterocycles. The second-order valence-electron chi connectivity index (χ2n) is 8.29. The van der Waals surface area contributed by atoms with Crippen molar-refractivity contribution in [3.05, 3.63) is 58.1 Å². The molecular formula is C23H30N2. The van der Waals surface area contributed by atoms with Crippen molar-refractivity contribution in [3.8, 4) is 0 Å². The van der Waals surface area contributed by atoms with E-state index in [1.165, 1.54) is 39.9 Å². The zero-order valence-electron chi connectivity index (χ0n) is 16.6. The average molecular weight is 335 g/mol. The summed E-state index contributed by atoms with van der Waals surface area (Å²) in [6.45, 7) is 13.4. The molecule has 132 valence electrons. The molecule has 0 aliphatic carbocycles. The van der Waals surface area contributed by atoms with Crippen molar-refractivity contribution in [2.75, 3.05) is 11.9 Å². The SMILES string of the molecule is Cc1ccc(N=Cc2cc3c(cc2C)N(C)C(C)(C)CC3C)c(C)c1. The van der Waals surface area contributed by atoms with Crippen LogP contribution >= 0.6 is 0 Å². The molecule has 2 aromatic rings. The highest BCUT2D eigenvalue weighted by molar-refractivity contribution is 5.86. The van der Waals surface area contributed by atoms with Gasteiger partial charge in [-0.3, -0.25) is 4.99 Å². The summed E-state index contributed by atoms with van der Waals surface area (Å²) in [5, 5.41) is 0. The molecule has 2 heteroatoms. The van der Waals surface area contributed by atoms with E-state index in [-0.39, 0.29) is 5.54 Å². The van der Waals surface area contributed by atoms with Gasteiger partial charge in [0, 0.05) is 24.5 Å². The number of hydrogen-bond acceptors (Lipinski definition) is 2. The highest BCUT2D eigenvalue weighted by atomic mass is 15.2. The maximum absolute atomic E-state index is 4.76. The lowest BCUT2D eigenvalue weighted by molar-refractivity contribution is 0.395. The van der Waals surface area contributed by atoms with E-state index in [0.29, 0.717) is 5.92 Å². The number of nitrogens with zero attached hydrogens (tertiary/aromatic N) is 2. The molecular weight excluding hydrogens is 304 g/mol. The molecule has 25 heavy (non-hydrogen) atoms. The van der Waals surface area contributed by atoms with Gasteiger partial charge in [-0.1, -0.05) is 24.6 Å². The fraction of sp³-hybridized carbons (Fsp3) is 0.435.